The fraction of sp³-hybridized carbons (Fsp3) is 0.176. The zero-order chi connectivity index (χ0) is 15.4. The maximum Gasteiger partial charge on any atom is 0.255 e. The highest BCUT2D eigenvalue weighted by Crippen LogP contribution is 2.21. The van der Waals surface area contributed by atoms with E-state index in [1.54, 1.807) is 30.6 Å². The third-order valence-corrected chi connectivity index (χ3v) is 4.41. The standard InChI is InChI=1S/C17H16N2O2S/c1-21-14-8-4-2-6-12(14)17(20)18-11-10-16-19-13-7-3-5-9-15(13)22-16/h2-9H,10-11H2,1H3,(H,18,20). The Morgan fingerprint density at radius 1 is 1.18 bits per heavy atom. The number of fused-ring (bicyclic) bond motifs is 1. The highest BCUT2D eigenvalue weighted by Gasteiger charge is 2.11. The van der Waals surface area contributed by atoms with Crippen molar-refractivity contribution in [3.8, 4) is 5.75 Å². The summed E-state index contributed by atoms with van der Waals surface area (Å²) in [6.45, 7) is 0.552. The van der Waals surface area contributed by atoms with Gasteiger partial charge in [0.05, 0.1) is 27.9 Å². The number of carbonyl (C=O) groups excluding carboxylic acids is 1. The van der Waals surface area contributed by atoms with Gasteiger partial charge >= 0.3 is 0 Å². The summed E-state index contributed by atoms with van der Waals surface area (Å²) in [5.41, 5.74) is 1.56. The van der Waals surface area contributed by atoms with Crippen LogP contribution < -0.4 is 10.1 Å². The molecule has 3 rings (SSSR count). The molecule has 2 aromatic carbocycles. The molecule has 0 unspecified atom stereocenters. The first-order chi connectivity index (χ1) is 10.8. The average Bonchev–Trinajstić information content (AvgIpc) is 2.97. The fourth-order valence-electron chi connectivity index (χ4n) is 2.24. The number of amides is 1. The molecule has 112 valence electrons. The van der Waals surface area contributed by atoms with Crippen LogP contribution in [0.15, 0.2) is 48.5 Å². The van der Waals surface area contributed by atoms with Crippen molar-refractivity contribution in [1.29, 1.82) is 0 Å². The van der Waals surface area contributed by atoms with Gasteiger partial charge in [-0.15, -0.1) is 11.3 Å². The Balaban J connectivity index is 1.61. The minimum atomic E-state index is -0.126. The molecule has 0 aliphatic carbocycles. The number of rotatable bonds is 5. The smallest absolute Gasteiger partial charge is 0.255 e. The van der Waals surface area contributed by atoms with Gasteiger partial charge in [0.2, 0.25) is 0 Å². The third-order valence-electron chi connectivity index (χ3n) is 3.31. The summed E-state index contributed by atoms with van der Waals surface area (Å²) >= 11 is 1.67. The van der Waals surface area contributed by atoms with E-state index in [0.29, 0.717) is 17.9 Å². The monoisotopic (exact) mass is 312 g/mol. The number of methoxy groups -OCH3 is 1. The molecule has 0 spiro atoms. The molecule has 4 nitrogen and oxygen atoms in total. The van der Waals surface area contributed by atoms with Crippen molar-refractivity contribution >= 4 is 27.5 Å². The van der Waals surface area contributed by atoms with Gasteiger partial charge in [-0.1, -0.05) is 24.3 Å². The molecular formula is C17H16N2O2S. The van der Waals surface area contributed by atoms with E-state index in [1.807, 2.05) is 30.3 Å². The van der Waals surface area contributed by atoms with Gasteiger partial charge in [0, 0.05) is 13.0 Å². The van der Waals surface area contributed by atoms with Gasteiger partial charge in [0.25, 0.3) is 5.91 Å². The zero-order valence-corrected chi connectivity index (χ0v) is 13.0. The predicted molar refractivity (Wildman–Crippen MR) is 88.7 cm³/mol. The van der Waals surface area contributed by atoms with Crippen molar-refractivity contribution in [2.75, 3.05) is 13.7 Å². The number of nitrogens with one attached hydrogen (secondary N) is 1. The van der Waals surface area contributed by atoms with Crippen molar-refractivity contribution in [3.05, 3.63) is 59.1 Å². The third kappa shape index (κ3) is 3.09. The predicted octanol–water partition coefficient (Wildman–Crippen LogP) is 3.28. The van der Waals surface area contributed by atoms with Crippen LogP contribution in [0.4, 0.5) is 0 Å². The Labute approximate surface area is 132 Å². The lowest BCUT2D eigenvalue weighted by atomic mass is 10.2. The van der Waals surface area contributed by atoms with Gasteiger partial charge < -0.3 is 10.1 Å². The Morgan fingerprint density at radius 3 is 2.77 bits per heavy atom. The molecule has 1 N–H and O–H groups in total. The Kier molecular flexibility index (Phi) is 4.34. The molecule has 0 aliphatic heterocycles. The second kappa shape index (κ2) is 6.58. The van der Waals surface area contributed by atoms with Crippen molar-refractivity contribution in [2.45, 2.75) is 6.42 Å². The summed E-state index contributed by atoms with van der Waals surface area (Å²) in [7, 11) is 1.56. The van der Waals surface area contributed by atoms with Crippen molar-refractivity contribution in [2.24, 2.45) is 0 Å². The SMILES string of the molecule is COc1ccccc1C(=O)NCCc1nc2ccccc2s1. The van der Waals surface area contributed by atoms with Crippen LogP contribution in [0.5, 0.6) is 5.75 Å². The van der Waals surface area contributed by atoms with Crippen LogP contribution in [0, 0.1) is 0 Å². The van der Waals surface area contributed by atoms with Crippen LogP contribution in [-0.2, 0) is 6.42 Å². The molecule has 3 aromatic rings. The van der Waals surface area contributed by atoms with Crippen LogP contribution in [0.25, 0.3) is 10.2 Å². The van der Waals surface area contributed by atoms with E-state index in [1.165, 1.54) is 4.70 Å². The second-order valence-electron chi connectivity index (χ2n) is 4.78. The molecule has 0 aliphatic rings. The van der Waals surface area contributed by atoms with Crippen LogP contribution in [0.3, 0.4) is 0 Å². The van der Waals surface area contributed by atoms with E-state index in [2.05, 4.69) is 16.4 Å². The number of thiazole rings is 1. The van der Waals surface area contributed by atoms with Gasteiger partial charge in [-0.3, -0.25) is 4.79 Å². The summed E-state index contributed by atoms with van der Waals surface area (Å²) in [6.07, 6.45) is 0.722. The van der Waals surface area contributed by atoms with E-state index >= 15 is 0 Å². The van der Waals surface area contributed by atoms with Gasteiger partial charge in [-0.2, -0.15) is 0 Å². The minimum Gasteiger partial charge on any atom is -0.496 e. The number of hydrogen-bond acceptors (Lipinski definition) is 4. The first-order valence-corrected chi connectivity index (χ1v) is 7.85. The Morgan fingerprint density at radius 2 is 1.95 bits per heavy atom. The lowest BCUT2D eigenvalue weighted by molar-refractivity contribution is 0.0951. The summed E-state index contributed by atoms with van der Waals surface area (Å²) < 4.78 is 6.37. The number of benzene rings is 2. The van der Waals surface area contributed by atoms with Crippen LogP contribution in [0.2, 0.25) is 0 Å². The Hall–Kier alpha value is -2.40. The lowest BCUT2D eigenvalue weighted by Crippen LogP contribution is -2.26. The fourth-order valence-corrected chi connectivity index (χ4v) is 3.20. The van der Waals surface area contributed by atoms with Crippen molar-refractivity contribution in [1.82, 2.24) is 10.3 Å². The van der Waals surface area contributed by atoms with Gasteiger partial charge in [-0.25, -0.2) is 4.98 Å². The second-order valence-corrected chi connectivity index (χ2v) is 5.90. The number of ether oxygens (including phenoxy) is 1. The van der Waals surface area contributed by atoms with E-state index < -0.39 is 0 Å². The average molecular weight is 312 g/mol. The molecule has 1 aromatic heterocycles. The quantitative estimate of drug-likeness (QED) is 0.786. The molecule has 0 fully saturated rings. The summed E-state index contributed by atoms with van der Waals surface area (Å²) in [4.78, 5) is 16.7. The van der Waals surface area contributed by atoms with Crippen LogP contribution in [-0.4, -0.2) is 24.5 Å². The van der Waals surface area contributed by atoms with Crippen molar-refractivity contribution in [3.63, 3.8) is 0 Å². The molecule has 1 amide bonds. The Bertz CT molecular complexity index is 765. The van der Waals surface area contributed by atoms with Crippen LogP contribution >= 0.6 is 11.3 Å². The molecule has 0 atom stereocenters. The van der Waals surface area contributed by atoms with E-state index in [-0.39, 0.29) is 5.91 Å². The van der Waals surface area contributed by atoms with Gasteiger partial charge in [-0.05, 0) is 24.3 Å². The van der Waals surface area contributed by atoms with Crippen LogP contribution in [0.1, 0.15) is 15.4 Å². The highest BCUT2D eigenvalue weighted by molar-refractivity contribution is 7.18. The summed E-state index contributed by atoms with van der Waals surface area (Å²) in [5.74, 6) is 0.457. The number of para-hydroxylation sites is 2. The van der Waals surface area contributed by atoms with E-state index in [4.69, 9.17) is 4.74 Å². The number of aromatic nitrogens is 1. The van der Waals surface area contributed by atoms with Crippen molar-refractivity contribution < 1.29 is 9.53 Å². The summed E-state index contributed by atoms with van der Waals surface area (Å²) in [5, 5.41) is 3.94. The molecule has 0 radical (unpaired) electrons. The normalized spacial score (nSPS) is 10.6. The van der Waals surface area contributed by atoms with Gasteiger partial charge in [0.15, 0.2) is 0 Å². The molecular weight excluding hydrogens is 296 g/mol. The molecule has 0 bridgehead atoms. The number of nitrogens with zero attached hydrogens (tertiary/aromatic N) is 1. The highest BCUT2D eigenvalue weighted by atomic mass is 32.1. The topological polar surface area (TPSA) is 51.2 Å². The molecule has 22 heavy (non-hydrogen) atoms. The largest absolute Gasteiger partial charge is 0.496 e. The summed E-state index contributed by atoms with van der Waals surface area (Å²) in [6, 6.07) is 15.3. The molecule has 0 saturated carbocycles. The lowest BCUT2D eigenvalue weighted by Gasteiger charge is -2.08. The first kappa shape index (κ1) is 14.5. The van der Waals surface area contributed by atoms with E-state index in [0.717, 1.165) is 16.9 Å². The molecule has 0 saturated heterocycles. The van der Waals surface area contributed by atoms with Gasteiger partial charge in [0.1, 0.15) is 5.75 Å². The van der Waals surface area contributed by atoms with E-state index in [9.17, 15) is 4.79 Å². The number of carbonyl (C=O) groups is 1. The minimum absolute atomic E-state index is 0.126. The first-order valence-electron chi connectivity index (χ1n) is 7.03. The maximum absolute atomic E-state index is 12.2. The maximum atomic E-state index is 12.2. The zero-order valence-electron chi connectivity index (χ0n) is 12.2. The molecule has 5 heteroatoms. The number of hydrogen-bond donors (Lipinski definition) is 1. The molecule has 1 heterocycles.